The Hall–Kier alpha value is -3.61. The quantitative estimate of drug-likeness (QED) is 0.244. The maximum Gasteiger partial charge on any atom is 0.435 e. The number of hydrogen-bond donors (Lipinski definition) is 1. The molecule has 4 rings (SSSR count). The molecule has 186 valence electrons. The molecular weight excluding hydrogens is 493 g/mol. The fourth-order valence-corrected chi connectivity index (χ4v) is 3.62. The zero-order valence-electron chi connectivity index (χ0n) is 18.2. The fourth-order valence-electron chi connectivity index (χ4n) is 3.39. The van der Waals surface area contributed by atoms with E-state index >= 15 is 0 Å². The van der Waals surface area contributed by atoms with E-state index in [2.05, 4.69) is 15.5 Å². The van der Waals surface area contributed by atoms with Crippen LogP contribution in [0.4, 0.5) is 18.9 Å². The van der Waals surface area contributed by atoms with Crippen LogP contribution in [0.15, 0.2) is 36.5 Å². The number of rotatable bonds is 10. The number of nitro groups is 1. The second-order valence-electron chi connectivity index (χ2n) is 7.94. The summed E-state index contributed by atoms with van der Waals surface area (Å²) in [6.07, 6.45) is -0.883. The summed E-state index contributed by atoms with van der Waals surface area (Å²) in [4.78, 5) is 22.5. The summed E-state index contributed by atoms with van der Waals surface area (Å²) in [6, 6.07) is 6.37. The molecule has 0 radical (unpaired) electrons. The van der Waals surface area contributed by atoms with Gasteiger partial charge in [0.2, 0.25) is 0 Å². The molecular formula is C21H20ClF3N6O4. The van der Waals surface area contributed by atoms with Crippen LogP contribution in [-0.4, -0.2) is 36.9 Å². The van der Waals surface area contributed by atoms with Gasteiger partial charge in [-0.25, -0.2) is 4.68 Å². The Balaban J connectivity index is 1.25. The number of ether oxygens (including phenoxy) is 1. The van der Waals surface area contributed by atoms with Crippen LogP contribution < -0.4 is 10.1 Å². The average Bonchev–Trinajstić information content (AvgIpc) is 3.36. The van der Waals surface area contributed by atoms with Crippen molar-refractivity contribution in [3.63, 3.8) is 0 Å². The number of nitro benzene ring substituents is 1. The topological polar surface area (TPSA) is 117 Å². The molecule has 0 aliphatic heterocycles. The molecule has 0 unspecified atom stereocenters. The maximum absolute atomic E-state index is 13.0. The Kier molecular flexibility index (Phi) is 6.96. The predicted octanol–water partition coefficient (Wildman–Crippen LogP) is 4.39. The molecule has 1 saturated carbocycles. The summed E-state index contributed by atoms with van der Waals surface area (Å²) >= 11 is 5.98. The minimum Gasteiger partial charge on any atom is -0.470 e. The van der Waals surface area contributed by atoms with Gasteiger partial charge in [0.25, 0.3) is 11.6 Å². The molecule has 0 bridgehead atoms. The number of non-ortho nitro benzene ring substituents is 1. The standard InChI is InChI=1S/C21H20ClF3N6O4/c22-15-10-14(31(33)34)4-5-18(15)35-12-29-9-6-16(27-29)20(32)26-7-1-8-30-17(13-2-3-13)11-19(28-30)21(23,24)25/h4-6,9-11,13H,1-3,7-8,12H2,(H,26,32). The van der Waals surface area contributed by atoms with Gasteiger partial charge < -0.3 is 10.1 Å². The average molecular weight is 513 g/mol. The number of carbonyl (C=O) groups excluding carboxylic acids is 1. The molecule has 1 fully saturated rings. The molecule has 1 N–H and O–H groups in total. The fraction of sp³-hybridized carbons (Fsp3) is 0.381. The molecule has 0 atom stereocenters. The number of carbonyl (C=O) groups is 1. The van der Waals surface area contributed by atoms with E-state index < -0.39 is 22.7 Å². The highest BCUT2D eigenvalue weighted by Gasteiger charge is 2.37. The monoisotopic (exact) mass is 512 g/mol. The number of nitrogens with one attached hydrogen (secondary N) is 1. The lowest BCUT2D eigenvalue weighted by Gasteiger charge is -2.08. The molecule has 1 aromatic carbocycles. The molecule has 10 nitrogen and oxygen atoms in total. The molecule has 0 spiro atoms. The number of alkyl halides is 3. The normalized spacial score (nSPS) is 13.6. The summed E-state index contributed by atoms with van der Waals surface area (Å²) in [5.74, 6) is -0.118. The van der Waals surface area contributed by atoms with Crippen LogP contribution in [0.25, 0.3) is 0 Å². The van der Waals surface area contributed by atoms with E-state index in [1.54, 1.807) is 0 Å². The lowest BCUT2D eigenvalue weighted by molar-refractivity contribution is -0.384. The largest absolute Gasteiger partial charge is 0.470 e. The Bertz CT molecular complexity index is 1240. The van der Waals surface area contributed by atoms with Gasteiger partial charge in [0.05, 0.1) is 9.95 Å². The summed E-state index contributed by atoms with van der Waals surface area (Å²) in [5, 5.41) is 21.3. The van der Waals surface area contributed by atoms with Crippen molar-refractivity contribution in [2.45, 2.75) is 44.6 Å². The van der Waals surface area contributed by atoms with Crippen molar-refractivity contribution >= 4 is 23.2 Å². The molecule has 2 heterocycles. The van der Waals surface area contributed by atoms with Crippen LogP contribution >= 0.6 is 11.6 Å². The van der Waals surface area contributed by atoms with Gasteiger partial charge in [0.15, 0.2) is 12.4 Å². The van der Waals surface area contributed by atoms with Gasteiger partial charge in [0.1, 0.15) is 11.4 Å². The minimum atomic E-state index is -4.49. The van der Waals surface area contributed by atoms with Gasteiger partial charge in [-0.3, -0.25) is 19.6 Å². The van der Waals surface area contributed by atoms with Crippen molar-refractivity contribution in [2.24, 2.45) is 0 Å². The van der Waals surface area contributed by atoms with Gasteiger partial charge in [-0.05, 0) is 37.5 Å². The van der Waals surface area contributed by atoms with E-state index in [9.17, 15) is 28.1 Å². The summed E-state index contributed by atoms with van der Waals surface area (Å²) in [6.45, 7) is 0.391. The highest BCUT2D eigenvalue weighted by molar-refractivity contribution is 6.32. The Labute approximate surface area is 201 Å². The molecule has 1 aliphatic rings. The first-order valence-corrected chi connectivity index (χ1v) is 11.0. The number of hydrogen-bond acceptors (Lipinski definition) is 6. The lowest BCUT2D eigenvalue weighted by atomic mass is 10.2. The first-order valence-electron chi connectivity index (χ1n) is 10.6. The van der Waals surface area contributed by atoms with Crippen LogP contribution in [0.3, 0.4) is 0 Å². The molecule has 1 amide bonds. The minimum absolute atomic E-state index is 0.0636. The third-order valence-corrected chi connectivity index (χ3v) is 5.58. The van der Waals surface area contributed by atoms with Crippen LogP contribution in [0.1, 0.15) is 47.1 Å². The van der Waals surface area contributed by atoms with E-state index in [0.29, 0.717) is 12.1 Å². The predicted molar refractivity (Wildman–Crippen MR) is 117 cm³/mol. The number of aryl methyl sites for hydroxylation is 1. The summed E-state index contributed by atoms with van der Waals surface area (Å²) in [7, 11) is 0. The van der Waals surface area contributed by atoms with Crippen molar-refractivity contribution in [2.75, 3.05) is 6.54 Å². The van der Waals surface area contributed by atoms with Gasteiger partial charge in [-0.1, -0.05) is 11.6 Å². The first kappa shape index (κ1) is 24.5. The molecule has 14 heteroatoms. The van der Waals surface area contributed by atoms with Gasteiger partial charge >= 0.3 is 6.18 Å². The van der Waals surface area contributed by atoms with Gasteiger partial charge in [-0.15, -0.1) is 0 Å². The van der Waals surface area contributed by atoms with Crippen molar-refractivity contribution in [3.05, 3.63) is 68.7 Å². The number of benzene rings is 1. The molecule has 0 saturated heterocycles. The van der Waals surface area contributed by atoms with Gasteiger partial charge in [-0.2, -0.15) is 23.4 Å². The van der Waals surface area contributed by atoms with E-state index in [4.69, 9.17) is 16.3 Å². The third-order valence-electron chi connectivity index (χ3n) is 5.28. The van der Waals surface area contributed by atoms with E-state index in [-0.39, 0.29) is 47.9 Å². The van der Waals surface area contributed by atoms with Crippen LogP contribution in [0.2, 0.25) is 5.02 Å². The highest BCUT2D eigenvalue weighted by Crippen LogP contribution is 2.42. The first-order chi connectivity index (χ1) is 16.6. The van der Waals surface area contributed by atoms with Crippen LogP contribution in [-0.2, 0) is 19.5 Å². The molecule has 3 aromatic rings. The van der Waals surface area contributed by atoms with Crippen molar-refractivity contribution in [1.29, 1.82) is 0 Å². The third kappa shape index (κ3) is 6.10. The van der Waals surface area contributed by atoms with E-state index in [1.165, 1.54) is 39.8 Å². The maximum atomic E-state index is 13.0. The second-order valence-corrected chi connectivity index (χ2v) is 8.35. The summed E-state index contributed by atoms with van der Waals surface area (Å²) in [5.41, 5.74) is -0.361. The van der Waals surface area contributed by atoms with E-state index in [0.717, 1.165) is 18.9 Å². The van der Waals surface area contributed by atoms with Crippen LogP contribution in [0, 0.1) is 10.1 Å². The Morgan fingerprint density at radius 3 is 2.69 bits per heavy atom. The zero-order valence-corrected chi connectivity index (χ0v) is 18.9. The Morgan fingerprint density at radius 2 is 2.03 bits per heavy atom. The van der Waals surface area contributed by atoms with E-state index in [1.807, 2.05) is 0 Å². The van der Waals surface area contributed by atoms with Crippen LogP contribution in [0.5, 0.6) is 5.75 Å². The zero-order chi connectivity index (χ0) is 25.2. The number of nitrogens with zero attached hydrogens (tertiary/aromatic N) is 5. The number of amides is 1. The highest BCUT2D eigenvalue weighted by atomic mass is 35.5. The lowest BCUT2D eigenvalue weighted by Crippen LogP contribution is -2.26. The van der Waals surface area contributed by atoms with Crippen molar-refractivity contribution in [3.8, 4) is 5.75 Å². The smallest absolute Gasteiger partial charge is 0.435 e. The van der Waals surface area contributed by atoms with Gasteiger partial charge in [0, 0.05) is 43.0 Å². The van der Waals surface area contributed by atoms with Crippen molar-refractivity contribution in [1.82, 2.24) is 24.9 Å². The molecule has 2 aromatic heterocycles. The molecule has 1 aliphatic carbocycles. The summed E-state index contributed by atoms with van der Waals surface area (Å²) < 4.78 is 47.2. The molecule has 35 heavy (non-hydrogen) atoms. The Morgan fingerprint density at radius 1 is 1.26 bits per heavy atom. The number of halogens is 4. The second kappa shape index (κ2) is 9.94. The SMILES string of the molecule is O=C(NCCCn1nc(C(F)(F)F)cc1C1CC1)c1ccn(COc2ccc([N+](=O)[O-])cc2Cl)n1. The van der Waals surface area contributed by atoms with Crippen molar-refractivity contribution < 1.29 is 27.6 Å². The number of aromatic nitrogens is 4.